The highest BCUT2D eigenvalue weighted by molar-refractivity contribution is 5.68. The average molecular weight is 343 g/mol. The molecule has 1 aliphatic rings. The van der Waals surface area contributed by atoms with Crippen LogP contribution in [0.3, 0.4) is 0 Å². The van der Waals surface area contributed by atoms with Gasteiger partial charge in [-0.25, -0.2) is 4.79 Å². The van der Waals surface area contributed by atoms with Gasteiger partial charge in [0.2, 0.25) is 0 Å². The van der Waals surface area contributed by atoms with Gasteiger partial charge in [0.25, 0.3) is 0 Å². The van der Waals surface area contributed by atoms with Gasteiger partial charge in [0.1, 0.15) is 11.8 Å². The predicted molar refractivity (Wildman–Crippen MR) is 97.8 cm³/mol. The summed E-state index contributed by atoms with van der Waals surface area (Å²) in [5.41, 5.74) is -0.291. The van der Waals surface area contributed by atoms with Gasteiger partial charge in [-0.3, -0.25) is 4.90 Å². The van der Waals surface area contributed by atoms with E-state index in [1.807, 2.05) is 34.6 Å². The van der Waals surface area contributed by atoms with Crippen molar-refractivity contribution >= 4 is 6.09 Å². The first kappa shape index (κ1) is 21.2. The number of nitrogens with zero attached hydrogens (tertiary/aromatic N) is 2. The number of ether oxygens (including phenoxy) is 1. The maximum atomic E-state index is 12.3. The van der Waals surface area contributed by atoms with Crippen molar-refractivity contribution in [3.05, 3.63) is 0 Å². The highest BCUT2D eigenvalue weighted by Crippen LogP contribution is 2.33. The molecule has 0 aromatic rings. The van der Waals surface area contributed by atoms with Crippen LogP contribution in [0.2, 0.25) is 0 Å². The summed E-state index contributed by atoms with van der Waals surface area (Å²) in [7, 11) is 0. The molecule has 24 heavy (non-hydrogen) atoms. The van der Waals surface area contributed by atoms with E-state index in [4.69, 9.17) is 4.74 Å². The number of carbonyl (C=O) groups is 1. The molecule has 0 aromatic heterocycles. The molecule has 0 bridgehead atoms. The number of rotatable bonds is 6. The Kier molecular flexibility index (Phi) is 7.12. The van der Waals surface area contributed by atoms with Gasteiger partial charge in [-0.2, -0.15) is 0 Å². The zero-order valence-electron chi connectivity index (χ0n) is 16.9. The number of likely N-dealkylation sites (tertiary alicyclic amines) is 1. The first-order chi connectivity index (χ1) is 10.8. The van der Waals surface area contributed by atoms with Crippen molar-refractivity contribution in [2.24, 2.45) is 11.3 Å². The molecule has 0 radical (unpaired) electrons. The molecular formula is C19H38N2O3. The summed E-state index contributed by atoms with van der Waals surface area (Å²) in [5, 5.41) is 10.2. The number of hydrogen-bond donors (Lipinski definition) is 1. The lowest BCUT2D eigenvalue weighted by atomic mass is 9.93. The summed E-state index contributed by atoms with van der Waals surface area (Å²) in [6, 6.07) is 0.114. The Hall–Kier alpha value is -0.810. The van der Waals surface area contributed by atoms with Gasteiger partial charge in [0.15, 0.2) is 0 Å². The first-order valence-corrected chi connectivity index (χ1v) is 9.22. The Labute approximate surface area is 148 Å². The molecule has 0 aliphatic carbocycles. The lowest BCUT2D eigenvalue weighted by Gasteiger charge is -2.31. The van der Waals surface area contributed by atoms with Crippen LogP contribution in [0.1, 0.15) is 68.2 Å². The lowest BCUT2D eigenvalue weighted by Crippen LogP contribution is -2.42. The number of aliphatic hydroxyl groups is 1. The van der Waals surface area contributed by atoms with Crippen LogP contribution < -0.4 is 0 Å². The highest BCUT2D eigenvalue weighted by atomic mass is 16.6. The van der Waals surface area contributed by atoms with Crippen molar-refractivity contribution in [2.45, 2.75) is 86.1 Å². The van der Waals surface area contributed by atoms with Crippen LogP contribution in [-0.2, 0) is 4.74 Å². The minimum absolute atomic E-state index is 0.114. The maximum Gasteiger partial charge on any atom is 0.410 e. The second-order valence-corrected chi connectivity index (χ2v) is 9.44. The van der Waals surface area contributed by atoms with E-state index in [-0.39, 0.29) is 23.8 Å². The number of carbonyl (C=O) groups excluding carboxylic acids is 1. The van der Waals surface area contributed by atoms with Crippen molar-refractivity contribution in [3.63, 3.8) is 0 Å². The summed E-state index contributed by atoms with van der Waals surface area (Å²) >= 11 is 0. The standard InChI is InChI=1S/C19H38N2O3/c1-14(2)21(17(23)24-18(4,5)6)10-9-15(3)12-20-13-19(7,8)11-16(20)22/h14-16,22H,9-13H2,1-8H3. The summed E-state index contributed by atoms with van der Waals surface area (Å²) in [5.74, 6) is 0.414. The van der Waals surface area contributed by atoms with Crippen molar-refractivity contribution < 1.29 is 14.6 Å². The molecule has 1 heterocycles. The molecule has 1 saturated heterocycles. The molecule has 142 valence electrons. The highest BCUT2D eigenvalue weighted by Gasteiger charge is 2.36. The third-order valence-electron chi connectivity index (χ3n) is 4.45. The molecule has 2 atom stereocenters. The van der Waals surface area contributed by atoms with Gasteiger partial charge in [0, 0.05) is 25.7 Å². The van der Waals surface area contributed by atoms with E-state index in [0.29, 0.717) is 12.5 Å². The predicted octanol–water partition coefficient (Wildman–Crippen LogP) is 3.71. The topological polar surface area (TPSA) is 53.0 Å². The monoisotopic (exact) mass is 342 g/mol. The van der Waals surface area contributed by atoms with Crippen LogP contribution in [0.4, 0.5) is 4.79 Å². The molecule has 0 aromatic carbocycles. The minimum Gasteiger partial charge on any atom is -0.444 e. The second-order valence-electron chi connectivity index (χ2n) is 9.44. The second kappa shape index (κ2) is 8.05. The minimum atomic E-state index is -0.471. The maximum absolute atomic E-state index is 12.3. The Morgan fingerprint density at radius 3 is 2.33 bits per heavy atom. The van der Waals surface area contributed by atoms with Crippen LogP contribution in [0.25, 0.3) is 0 Å². The van der Waals surface area contributed by atoms with Gasteiger partial charge in [-0.05, 0) is 58.8 Å². The smallest absolute Gasteiger partial charge is 0.410 e. The molecule has 1 amide bonds. The average Bonchev–Trinajstić information content (AvgIpc) is 2.59. The SMILES string of the molecule is CC(CCN(C(=O)OC(C)(C)C)C(C)C)CN1CC(C)(C)CC1O. The summed E-state index contributed by atoms with van der Waals surface area (Å²) < 4.78 is 5.51. The van der Waals surface area contributed by atoms with E-state index in [9.17, 15) is 9.90 Å². The number of amides is 1. The molecule has 5 nitrogen and oxygen atoms in total. The number of hydrogen-bond acceptors (Lipinski definition) is 4. The van der Waals surface area contributed by atoms with Gasteiger partial charge >= 0.3 is 6.09 Å². The Morgan fingerprint density at radius 1 is 1.33 bits per heavy atom. The summed E-state index contributed by atoms with van der Waals surface area (Å²) in [6.45, 7) is 18.8. The third kappa shape index (κ3) is 6.98. The van der Waals surface area contributed by atoms with Crippen LogP contribution in [-0.4, -0.2) is 58.5 Å². The summed E-state index contributed by atoms with van der Waals surface area (Å²) in [6.07, 6.45) is 1.15. The van der Waals surface area contributed by atoms with E-state index in [0.717, 1.165) is 25.9 Å². The largest absolute Gasteiger partial charge is 0.444 e. The van der Waals surface area contributed by atoms with E-state index >= 15 is 0 Å². The van der Waals surface area contributed by atoms with Crippen LogP contribution >= 0.6 is 0 Å². The molecule has 5 heteroatoms. The molecule has 1 N–H and O–H groups in total. The van der Waals surface area contributed by atoms with Crippen molar-refractivity contribution in [2.75, 3.05) is 19.6 Å². The van der Waals surface area contributed by atoms with Gasteiger partial charge < -0.3 is 14.7 Å². The van der Waals surface area contributed by atoms with E-state index in [2.05, 4.69) is 25.7 Å². The van der Waals surface area contributed by atoms with Gasteiger partial charge in [-0.1, -0.05) is 20.8 Å². The Balaban J connectivity index is 2.51. The fourth-order valence-electron chi connectivity index (χ4n) is 3.26. The molecule has 1 fully saturated rings. The quantitative estimate of drug-likeness (QED) is 0.799. The summed E-state index contributed by atoms with van der Waals surface area (Å²) in [4.78, 5) is 16.3. The fourth-order valence-corrected chi connectivity index (χ4v) is 3.26. The van der Waals surface area contributed by atoms with E-state index < -0.39 is 5.60 Å². The van der Waals surface area contributed by atoms with E-state index in [1.165, 1.54) is 0 Å². The molecule has 0 spiro atoms. The van der Waals surface area contributed by atoms with Gasteiger partial charge in [0.05, 0.1) is 0 Å². The van der Waals surface area contributed by atoms with Crippen LogP contribution in [0, 0.1) is 11.3 Å². The fraction of sp³-hybridized carbons (Fsp3) is 0.947. The molecule has 1 rings (SSSR count). The molecular weight excluding hydrogens is 304 g/mol. The van der Waals surface area contributed by atoms with Crippen molar-refractivity contribution in [1.29, 1.82) is 0 Å². The zero-order chi connectivity index (χ0) is 18.7. The Morgan fingerprint density at radius 2 is 1.92 bits per heavy atom. The van der Waals surface area contributed by atoms with Crippen molar-refractivity contribution in [1.82, 2.24) is 9.80 Å². The van der Waals surface area contributed by atoms with Crippen molar-refractivity contribution in [3.8, 4) is 0 Å². The van der Waals surface area contributed by atoms with Gasteiger partial charge in [-0.15, -0.1) is 0 Å². The molecule has 1 aliphatic heterocycles. The van der Waals surface area contributed by atoms with Crippen LogP contribution in [0.15, 0.2) is 0 Å². The Bertz CT molecular complexity index is 415. The first-order valence-electron chi connectivity index (χ1n) is 9.22. The normalized spacial score (nSPS) is 22.7. The molecule has 2 unspecified atom stereocenters. The number of aliphatic hydroxyl groups excluding tert-OH is 1. The third-order valence-corrected chi connectivity index (χ3v) is 4.45. The van der Waals surface area contributed by atoms with E-state index in [1.54, 1.807) is 4.90 Å². The zero-order valence-corrected chi connectivity index (χ0v) is 16.9. The molecule has 0 saturated carbocycles. The van der Waals surface area contributed by atoms with Crippen LogP contribution in [0.5, 0.6) is 0 Å². The lowest BCUT2D eigenvalue weighted by molar-refractivity contribution is 0.0138.